The number of nitrogens with zero attached hydrogens (tertiary/aromatic N) is 3. The average Bonchev–Trinajstić information content (AvgIpc) is 3.08. The molecule has 0 radical (unpaired) electrons. The number of alkyl halides is 1. The molecule has 3 heterocycles. The third-order valence-electron chi connectivity index (χ3n) is 5.73. The summed E-state index contributed by atoms with van der Waals surface area (Å²) in [6.07, 6.45) is 4.11. The summed E-state index contributed by atoms with van der Waals surface area (Å²) in [6.45, 7) is 6.71. The maximum Gasteiger partial charge on any atom is 0.516 e. The Bertz CT molecular complexity index is 902. The highest BCUT2D eigenvalue weighted by Gasteiger charge is 2.46. The van der Waals surface area contributed by atoms with Crippen LogP contribution in [0.3, 0.4) is 0 Å². The van der Waals surface area contributed by atoms with Crippen LogP contribution >= 0.6 is 11.6 Å². The number of likely N-dealkylation sites (tertiary alicyclic amines) is 1. The molecule has 3 rings (SSSR count). The van der Waals surface area contributed by atoms with Crippen molar-refractivity contribution in [3.63, 3.8) is 0 Å². The minimum absolute atomic E-state index is 0.0973. The van der Waals surface area contributed by atoms with Crippen molar-refractivity contribution in [2.75, 3.05) is 20.1 Å². The van der Waals surface area contributed by atoms with Gasteiger partial charge in [-0.2, -0.15) is 4.79 Å². The van der Waals surface area contributed by atoms with Crippen LogP contribution in [0.2, 0.25) is 5.02 Å². The van der Waals surface area contributed by atoms with E-state index in [4.69, 9.17) is 16.3 Å². The lowest BCUT2D eigenvalue weighted by Crippen LogP contribution is -2.50. The molecule has 0 bridgehead atoms. The van der Waals surface area contributed by atoms with Gasteiger partial charge >= 0.3 is 6.09 Å². The van der Waals surface area contributed by atoms with Crippen LogP contribution in [0.5, 0.6) is 0 Å². The molecule has 5 nitrogen and oxygen atoms in total. The van der Waals surface area contributed by atoms with E-state index < -0.39 is 11.8 Å². The fraction of sp³-hybridized carbons (Fsp3) is 0.609. The fourth-order valence-electron chi connectivity index (χ4n) is 4.06. The predicted octanol–water partition coefficient (Wildman–Crippen LogP) is 5.74. The Kier molecular flexibility index (Phi) is 6.98. The number of rotatable bonds is 6. The lowest BCUT2D eigenvalue weighted by molar-refractivity contribution is -0.827. The topological polar surface area (TPSA) is 52.1 Å². The van der Waals surface area contributed by atoms with E-state index in [9.17, 15) is 9.18 Å². The first kappa shape index (κ1) is 22.9. The third kappa shape index (κ3) is 5.67. The summed E-state index contributed by atoms with van der Waals surface area (Å²) in [5, 5.41) is 1.50. The molecule has 0 aromatic carbocycles. The van der Waals surface area contributed by atoms with Crippen molar-refractivity contribution >= 4 is 28.7 Å². The number of aryl methyl sites for hydroxylation is 1. The van der Waals surface area contributed by atoms with Gasteiger partial charge in [0, 0.05) is 29.6 Å². The van der Waals surface area contributed by atoms with E-state index in [-0.39, 0.29) is 16.5 Å². The minimum Gasteiger partial charge on any atom is -0.414 e. The van der Waals surface area contributed by atoms with E-state index in [0.717, 1.165) is 30.3 Å². The van der Waals surface area contributed by atoms with Crippen LogP contribution in [-0.2, 0) is 11.2 Å². The Morgan fingerprint density at radius 2 is 2.17 bits per heavy atom. The number of halogens is 2. The van der Waals surface area contributed by atoms with Gasteiger partial charge < -0.3 is 4.74 Å². The monoisotopic (exact) mass is 436 g/mol. The SMILES string of the molecule is CC(C)(C)OC(=O)[N+]1(C)CC[C@@H](C(F)CCCCc2cc(Cl)c3cccnc3n2)C1. The normalized spacial score (nSPS) is 22.9. The van der Waals surface area contributed by atoms with Gasteiger partial charge in [0.1, 0.15) is 11.8 Å². The molecule has 164 valence electrons. The number of quaternary nitrogens is 1. The number of carbonyl (C=O) groups excluding carboxylic acids is 1. The second-order valence-corrected chi connectivity index (χ2v) is 9.97. The molecule has 1 fully saturated rings. The lowest BCUT2D eigenvalue weighted by Gasteiger charge is -2.29. The standard InChI is InChI=1S/C23H32ClFN3O2/c1-23(2,3)30-22(29)28(4)13-11-16(15-28)20(25)10-6-5-8-17-14-19(24)18-9-7-12-26-21(18)27-17/h7,9,12,14,16,20H,5-6,8,10-11,13,15H2,1-4H3/q+1/t16-,20?,28?/m1/s1. The van der Waals surface area contributed by atoms with E-state index in [1.165, 1.54) is 0 Å². The molecule has 30 heavy (non-hydrogen) atoms. The second kappa shape index (κ2) is 9.15. The first-order valence-corrected chi connectivity index (χ1v) is 11.1. The zero-order chi connectivity index (χ0) is 21.9. The van der Waals surface area contributed by atoms with E-state index in [1.54, 1.807) is 6.20 Å². The number of pyridine rings is 2. The molecule has 0 saturated carbocycles. The molecule has 0 aliphatic carbocycles. The van der Waals surface area contributed by atoms with Gasteiger partial charge in [0.05, 0.1) is 25.2 Å². The zero-order valence-corrected chi connectivity index (χ0v) is 19.1. The number of fused-ring (bicyclic) bond motifs is 1. The highest BCUT2D eigenvalue weighted by molar-refractivity contribution is 6.35. The Balaban J connectivity index is 1.46. The van der Waals surface area contributed by atoms with Gasteiger partial charge in [-0.25, -0.2) is 18.8 Å². The largest absolute Gasteiger partial charge is 0.516 e. The number of ether oxygens (including phenoxy) is 1. The Morgan fingerprint density at radius 3 is 2.90 bits per heavy atom. The van der Waals surface area contributed by atoms with Gasteiger partial charge in [-0.1, -0.05) is 18.0 Å². The molecule has 3 atom stereocenters. The van der Waals surface area contributed by atoms with E-state index in [2.05, 4.69) is 9.97 Å². The highest BCUT2D eigenvalue weighted by Crippen LogP contribution is 2.31. The summed E-state index contributed by atoms with van der Waals surface area (Å²) in [5.41, 5.74) is 1.01. The van der Waals surface area contributed by atoms with Crippen molar-refractivity contribution in [3.05, 3.63) is 35.1 Å². The summed E-state index contributed by atoms with van der Waals surface area (Å²) < 4.78 is 20.5. The quantitative estimate of drug-likeness (QED) is 0.428. The fourth-order valence-corrected chi connectivity index (χ4v) is 4.33. The number of hydrogen-bond acceptors (Lipinski definition) is 4. The number of amides is 1. The van der Waals surface area contributed by atoms with Crippen molar-refractivity contribution in [1.29, 1.82) is 0 Å². The molecule has 2 unspecified atom stereocenters. The van der Waals surface area contributed by atoms with E-state index >= 15 is 0 Å². The van der Waals surface area contributed by atoms with Crippen LogP contribution in [0.15, 0.2) is 24.4 Å². The van der Waals surface area contributed by atoms with Crippen LogP contribution in [0, 0.1) is 5.92 Å². The van der Waals surface area contributed by atoms with Crippen molar-refractivity contribution in [2.24, 2.45) is 5.92 Å². The van der Waals surface area contributed by atoms with Crippen LogP contribution < -0.4 is 0 Å². The smallest absolute Gasteiger partial charge is 0.414 e. The maximum absolute atomic E-state index is 14.8. The zero-order valence-electron chi connectivity index (χ0n) is 18.3. The van der Waals surface area contributed by atoms with Gasteiger partial charge in [-0.15, -0.1) is 0 Å². The molecule has 7 heteroatoms. The Morgan fingerprint density at radius 1 is 1.40 bits per heavy atom. The number of hydrogen-bond donors (Lipinski definition) is 0. The van der Waals surface area contributed by atoms with Crippen LogP contribution in [0.4, 0.5) is 9.18 Å². The van der Waals surface area contributed by atoms with Crippen molar-refractivity contribution in [3.8, 4) is 0 Å². The molecule has 1 aliphatic rings. The third-order valence-corrected chi connectivity index (χ3v) is 6.04. The first-order valence-electron chi connectivity index (χ1n) is 10.7. The minimum atomic E-state index is -0.901. The highest BCUT2D eigenvalue weighted by atomic mass is 35.5. The van der Waals surface area contributed by atoms with Crippen molar-refractivity contribution < 1.29 is 18.4 Å². The molecular formula is C23H32ClFN3O2+. The lowest BCUT2D eigenvalue weighted by atomic mass is 9.97. The van der Waals surface area contributed by atoms with Gasteiger partial charge in [0.25, 0.3) is 0 Å². The Labute approximate surface area is 183 Å². The van der Waals surface area contributed by atoms with Crippen LogP contribution in [-0.4, -0.2) is 52.5 Å². The van der Waals surface area contributed by atoms with Gasteiger partial charge in [0.15, 0.2) is 5.65 Å². The van der Waals surface area contributed by atoms with E-state index in [0.29, 0.717) is 36.6 Å². The summed E-state index contributed by atoms with van der Waals surface area (Å²) in [5.74, 6) is -0.0973. The number of unbranched alkanes of at least 4 members (excludes halogenated alkanes) is 1. The van der Waals surface area contributed by atoms with Gasteiger partial charge in [-0.3, -0.25) is 0 Å². The molecule has 0 N–H and O–H groups in total. The number of carbonyl (C=O) groups is 1. The number of aromatic nitrogens is 2. The first-order chi connectivity index (χ1) is 14.1. The summed E-state index contributed by atoms with van der Waals surface area (Å²) in [4.78, 5) is 21.3. The summed E-state index contributed by atoms with van der Waals surface area (Å²) in [6, 6.07) is 5.62. The molecule has 1 amide bonds. The molecule has 1 aliphatic heterocycles. The van der Waals surface area contributed by atoms with E-state index in [1.807, 2.05) is 46.0 Å². The van der Waals surface area contributed by atoms with Crippen molar-refractivity contribution in [2.45, 2.75) is 64.6 Å². The van der Waals surface area contributed by atoms with Crippen LogP contribution in [0.25, 0.3) is 11.0 Å². The summed E-state index contributed by atoms with van der Waals surface area (Å²) in [7, 11) is 1.85. The molecule has 2 aromatic heterocycles. The Hall–Kier alpha value is -1.79. The molecule has 2 aromatic rings. The molecular weight excluding hydrogens is 405 g/mol. The molecule has 0 spiro atoms. The second-order valence-electron chi connectivity index (χ2n) is 9.56. The van der Waals surface area contributed by atoms with Crippen molar-refractivity contribution in [1.82, 2.24) is 9.97 Å². The maximum atomic E-state index is 14.8. The van der Waals surface area contributed by atoms with Gasteiger partial charge in [-0.05, 0) is 58.2 Å². The van der Waals surface area contributed by atoms with Gasteiger partial charge in [0.2, 0.25) is 0 Å². The molecule has 1 saturated heterocycles. The summed E-state index contributed by atoms with van der Waals surface area (Å²) >= 11 is 6.32. The predicted molar refractivity (Wildman–Crippen MR) is 117 cm³/mol. The van der Waals surface area contributed by atoms with Crippen LogP contribution in [0.1, 0.15) is 52.1 Å². The average molecular weight is 437 g/mol.